The van der Waals surface area contributed by atoms with Crippen molar-refractivity contribution >= 4 is 21.4 Å². The fourth-order valence-electron chi connectivity index (χ4n) is 3.24. The van der Waals surface area contributed by atoms with E-state index in [-0.39, 0.29) is 10.7 Å². The lowest BCUT2D eigenvalue weighted by Crippen LogP contribution is -2.27. The van der Waals surface area contributed by atoms with Gasteiger partial charge in [-0.05, 0) is 31.2 Å². The number of fused-ring (bicyclic) bond motifs is 1. The summed E-state index contributed by atoms with van der Waals surface area (Å²) in [6.07, 6.45) is 0. The van der Waals surface area contributed by atoms with Crippen molar-refractivity contribution in [1.82, 2.24) is 10.2 Å². The molecule has 0 saturated carbocycles. The Labute approximate surface area is 149 Å². The number of benzene rings is 2. The van der Waals surface area contributed by atoms with Gasteiger partial charge in [-0.3, -0.25) is 19.5 Å². The molecule has 1 unspecified atom stereocenters. The molecule has 0 bridgehead atoms. The predicted octanol–water partition coefficient (Wildman–Crippen LogP) is 3.25. The van der Waals surface area contributed by atoms with Crippen LogP contribution >= 0.6 is 0 Å². The summed E-state index contributed by atoms with van der Waals surface area (Å²) in [5, 5.41) is 17.7. The fourth-order valence-corrected chi connectivity index (χ4v) is 5.06. The topological polar surface area (TPSA) is 109 Å². The largest absolute Gasteiger partial charge is 0.282 e. The summed E-state index contributed by atoms with van der Waals surface area (Å²) in [5.74, 6) is 0. The molecule has 26 heavy (non-hydrogen) atoms. The van der Waals surface area contributed by atoms with Gasteiger partial charge in [0.05, 0.1) is 22.3 Å². The molecule has 3 aromatic rings. The molecule has 1 atom stereocenters. The number of hydrogen-bond donors (Lipinski definition) is 1. The number of para-hydroxylation sites is 1. The first-order valence-corrected chi connectivity index (χ1v) is 9.28. The van der Waals surface area contributed by atoms with Gasteiger partial charge in [0.2, 0.25) is 0 Å². The normalized spacial score (nSPS) is 17.9. The molecule has 1 aromatic heterocycles. The van der Waals surface area contributed by atoms with Crippen LogP contribution in [0.25, 0.3) is 11.3 Å². The maximum Gasteiger partial charge on any atom is 0.282 e. The zero-order valence-corrected chi connectivity index (χ0v) is 14.5. The van der Waals surface area contributed by atoms with E-state index in [0.717, 1.165) is 0 Å². The van der Waals surface area contributed by atoms with E-state index in [1.807, 2.05) is 6.07 Å². The molecule has 1 aliphatic heterocycles. The number of nitrogens with one attached hydrogen (secondary N) is 1. The van der Waals surface area contributed by atoms with Crippen LogP contribution in [0.5, 0.6) is 0 Å². The number of nitro benzene ring substituents is 1. The summed E-state index contributed by atoms with van der Waals surface area (Å²) in [5.41, 5.74) is 2.18. The van der Waals surface area contributed by atoms with Crippen LogP contribution in [-0.4, -0.2) is 23.5 Å². The fraction of sp³-hybridized carbons (Fsp3) is 0.118. The van der Waals surface area contributed by atoms with Crippen LogP contribution < -0.4 is 4.31 Å². The summed E-state index contributed by atoms with van der Waals surface area (Å²) in [6.45, 7) is 1.79. The maximum atomic E-state index is 12.9. The number of nitro groups is 1. The highest BCUT2D eigenvalue weighted by atomic mass is 32.2. The van der Waals surface area contributed by atoms with Gasteiger partial charge in [-0.25, -0.2) is 0 Å². The van der Waals surface area contributed by atoms with Gasteiger partial charge in [-0.2, -0.15) is 13.5 Å². The molecule has 0 amide bonds. The molecule has 2 heterocycles. The highest BCUT2D eigenvalue weighted by Crippen LogP contribution is 2.45. The van der Waals surface area contributed by atoms with E-state index in [0.29, 0.717) is 22.5 Å². The Morgan fingerprint density at radius 3 is 2.38 bits per heavy atom. The Balaban J connectivity index is 1.83. The number of aromatic nitrogens is 2. The quantitative estimate of drug-likeness (QED) is 0.562. The average Bonchev–Trinajstić information content (AvgIpc) is 3.15. The van der Waals surface area contributed by atoms with Crippen LogP contribution in [-0.2, 0) is 10.0 Å². The number of rotatable bonds is 3. The third kappa shape index (κ3) is 2.28. The lowest BCUT2D eigenvalue weighted by atomic mass is 10.0. The summed E-state index contributed by atoms with van der Waals surface area (Å²) in [6, 6.07) is 14.3. The van der Waals surface area contributed by atoms with Crippen molar-refractivity contribution in [2.75, 3.05) is 4.31 Å². The van der Waals surface area contributed by atoms with Gasteiger partial charge in [0.25, 0.3) is 15.7 Å². The maximum absolute atomic E-state index is 12.9. The van der Waals surface area contributed by atoms with E-state index >= 15 is 0 Å². The third-order valence-electron chi connectivity index (χ3n) is 4.42. The Hall–Kier alpha value is -3.20. The Bertz CT molecular complexity index is 1090. The number of aromatic amines is 1. The smallest absolute Gasteiger partial charge is 0.265 e. The van der Waals surface area contributed by atoms with E-state index < -0.39 is 21.0 Å². The van der Waals surface area contributed by atoms with Crippen molar-refractivity contribution in [2.24, 2.45) is 0 Å². The molecule has 9 heteroatoms. The minimum atomic E-state index is -3.75. The molecule has 0 spiro atoms. The molecule has 132 valence electrons. The van der Waals surface area contributed by atoms with E-state index in [2.05, 4.69) is 10.2 Å². The SMILES string of the molecule is CC1c2c(-c3ccc([N+](=O)[O-])cc3)n[nH]c2S(=O)(=O)N1c1ccccc1. The Kier molecular flexibility index (Phi) is 3.55. The zero-order chi connectivity index (χ0) is 18.5. The molecule has 0 fully saturated rings. The number of anilines is 1. The zero-order valence-electron chi connectivity index (χ0n) is 13.7. The number of H-pyrrole nitrogens is 1. The second-order valence-electron chi connectivity index (χ2n) is 5.93. The Morgan fingerprint density at radius 1 is 1.12 bits per heavy atom. The second kappa shape index (κ2) is 5.67. The molecule has 0 saturated heterocycles. The Morgan fingerprint density at radius 2 is 1.77 bits per heavy atom. The lowest BCUT2D eigenvalue weighted by Gasteiger charge is -2.23. The highest BCUT2D eigenvalue weighted by Gasteiger charge is 2.44. The minimum Gasteiger partial charge on any atom is -0.265 e. The van der Waals surface area contributed by atoms with Crippen molar-refractivity contribution in [2.45, 2.75) is 18.0 Å². The van der Waals surface area contributed by atoms with Crippen LogP contribution in [0, 0.1) is 10.1 Å². The van der Waals surface area contributed by atoms with Crippen molar-refractivity contribution in [1.29, 1.82) is 0 Å². The number of non-ortho nitro benzene ring substituents is 1. The van der Waals surface area contributed by atoms with Gasteiger partial charge in [0.1, 0.15) is 0 Å². The van der Waals surface area contributed by atoms with Gasteiger partial charge >= 0.3 is 0 Å². The van der Waals surface area contributed by atoms with Crippen LogP contribution in [0.2, 0.25) is 0 Å². The van der Waals surface area contributed by atoms with Crippen LogP contribution in [0.3, 0.4) is 0 Å². The summed E-state index contributed by atoms with van der Waals surface area (Å²) < 4.78 is 27.2. The molecule has 0 aliphatic carbocycles. The minimum absolute atomic E-state index is 0.0347. The summed E-state index contributed by atoms with van der Waals surface area (Å²) >= 11 is 0. The van der Waals surface area contributed by atoms with Crippen molar-refractivity contribution in [3.05, 3.63) is 70.3 Å². The number of nitrogens with zero attached hydrogens (tertiary/aromatic N) is 3. The monoisotopic (exact) mass is 370 g/mol. The van der Waals surface area contributed by atoms with E-state index in [9.17, 15) is 18.5 Å². The first-order chi connectivity index (χ1) is 12.4. The van der Waals surface area contributed by atoms with Gasteiger partial charge in [0, 0.05) is 23.3 Å². The lowest BCUT2D eigenvalue weighted by molar-refractivity contribution is -0.384. The van der Waals surface area contributed by atoms with Gasteiger partial charge < -0.3 is 0 Å². The van der Waals surface area contributed by atoms with E-state index in [1.165, 1.54) is 16.4 Å². The van der Waals surface area contributed by atoms with Crippen molar-refractivity contribution < 1.29 is 13.3 Å². The molecule has 2 aromatic carbocycles. The average molecular weight is 370 g/mol. The van der Waals surface area contributed by atoms with Crippen molar-refractivity contribution in [3.63, 3.8) is 0 Å². The summed E-state index contributed by atoms with van der Waals surface area (Å²) in [4.78, 5) is 10.3. The molecule has 8 nitrogen and oxygen atoms in total. The molecular formula is C17H14N4O4S. The predicted molar refractivity (Wildman–Crippen MR) is 95.2 cm³/mol. The number of hydrogen-bond acceptors (Lipinski definition) is 5. The highest BCUT2D eigenvalue weighted by molar-refractivity contribution is 7.93. The molecule has 4 rings (SSSR count). The van der Waals surface area contributed by atoms with Crippen LogP contribution in [0.15, 0.2) is 59.6 Å². The molecule has 1 aliphatic rings. The van der Waals surface area contributed by atoms with Gasteiger partial charge in [-0.15, -0.1) is 0 Å². The molecule has 1 N–H and O–H groups in total. The molecule has 0 radical (unpaired) electrons. The van der Waals surface area contributed by atoms with E-state index in [1.54, 1.807) is 43.3 Å². The van der Waals surface area contributed by atoms with Gasteiger partial charge in [-0.1, -0.05) is 18.2 Å². The van der Waals surface area contributed by atoms with Crippen LogP contribution in [0.1, 0.15) is 18.5 Å². The van der Waals surface area contributed by atoms with E-state index in [4.69, 9.17) is 0 Å². The third-order valence-corrected chi connectivity index (χ3v) is 6.29. The first kappa shape index (κ1) is 16.3. The van der Waals surface area contributed by atoms with Crippen molar-refractivity contribution in [3.8, 4) is 11.3 Å². The second-order valence-corrected chi connectivity index (χ2v) is 7.68. The molecular weight excluding hydrogens is 356 g/mol. The summed E-state index contributed by atoms with van der Waals surface area (Å²) in [7, 11) is -3.75. The first-order valence-electron chi connectivity index (χ1n) is 7.84. The standard InChI is InChI=1S/C17H14N4O4S/c1-11-15-16(12-7-9-14(10-8-12)21(22)23)18-19-17(15)26(24,25)20(11)13-5-3-2-4-6-13/h2-11H,1H3,(H,18,19). The number of sulfonamides is 1. The van der Waals surface area contributed by atoms with Crippen LogP contribution in [0.4, 0.5) is 11.4 Å². The van der Waals surface area contributed by atoms with Gasteiger partial charge in [0.15, 0.2) is 5.03 Å².